The summed E-state index contributed by atoms with van der Waals surface area (Å²) in [6.07, 6.45) is 0.107. The molecule has 0 amide bonds. The fraction of sp³-hybridized carbons (Fsp3) is 0.429. The summed E-state index contributed by atoms with van der Waals surface area (Å²) in [4.78, 5) is 0. The Morgan fingerprint density at radius 3 is 2.72 bits per heavy atom. The van der Waals surface area contributed by atoms with Crippen LogP contribution in [0, 0.1) is 0 Å². The van der Waals surface area contributed by atoms with E-state index in [1.54, 1.807) is 31.3 Å². The fourth-order valence-corrected chi connectivity index (χ4v) is 7.84. The van der Waals surface area contributed by atoms with Gasteiger partial charge < -0.3 is 10.1 Å². The van der Waals surface area contributed by atoms with Gasteiger partial charge in [0, 0.05) is 12.1 Å². The maximum absolute atomic E-state index is 13.1. The molecule has 25 heavy (non-hydrogen) atoms. The topological polar surface area (TPSA) is 119 Å². The first kappa shape index (κ1) is 18.5. The van der Waals surface area contributed by atoms with E-state index in [0.29, 0.717) is 17.0 Å². The summed E-state index contributed by atoms with van der Waals surface area (Å²) >= 11 is 0.802. The number of primary sulfonamides is 1. The molecule has 0 fully saturated rings. The number of likely N-dealkylation sites (N-methyl/N-ethyl adjacent to an activating group) is 1. The van der Waals surface area contributed by atoms with Crippen molar-refractivity contribution >= 4 is 37.5 Å². The van der Waals surface area contributed by atoms with Crippen molar-refractivity contribution in [3.05, 3.63) is 34.1 Å². The maximum Gasteiger partial charge on any atom is 0.270 e. The Morgan fingerprint density at radius 2 is 2.12 bits per heavy atom. The smallest absolute Gasteiger partial charge is 0.270 e. The number of thioether (sulfide) groups is 1. The summed E-state index contributed by atoms with van der Waals surface area (Å²) in [6.45, 7) is 0.169. The van der Waals surface area contributed by atoms with Gasteiger partial charge in [0.05, 0.1) is 19.3 Å². The molecule has 0 aliphatic carbocycles. The van der Waals surface area contributed by atoms with Crippen LogP contribution >= 0.6 is 11.8 Å². The maximum atomic E-state index is 13.1. The number of anilines is 1. The van der Waals surface area contributed by atoms with Gasteiger partial charge in [-0.2, -0.15) is 0 Å². The van der Waals surface area contributed by atoms with Crippen molar-refractivity contribution in [3.8, 4) is 5.75 Å². The van der Waals surface area contributed by atoms with Crippen molar-refractivity contribution in [1.82, 2.24) is 5.32 Å². The summed E-state index contributed by atoms with van der Waals surface area (Å²) in [5.74, 6) is 0.537. The minimum absolute atomic E-state index is 0.0694. The highest BCUT2D eigenvalue weighted by Crippen LogP contribution is 2.48. The first-order valence-corrected chi connectivity index (χ1v) is 11.4. The molecule has 2 heterocycles. The van der Waals surface area contributed by atoms with Gasteiger partial charge in [-0.05, 0) is 31.2 Å². The van der Waals surface area contributed by atoms with Gasteiger partial charge in [0.1, 0.15) is 14.6 Å². The zero-order valence-electron chi connectivity index (χ0n) is 13.7. The van der Waals surface area contributed by atoms with Crippen molar-refractivity contribution < 1.29 is 21.6 Å². The Bertz CT molecular complexity index is 927. The standard InChI is InChI=1S/C14H19N3O5S3/c1-16-12-8-17(9-4-3-5-10(6-9)22-2)25(20,21)14-11(12)7-13(23-14)24(15,18)19/h3-6,12-13,16H,7-8H2,1-2H3,(H2,15,18,19)/t12-,13?/m0/s1. The molecular formula is C14H19N3O5S3. The minimum Gasteiger partial charge on any atom is -0.497 e. The lowest BCUT2D eigenvalue weighted by atomic mass is 10.1. The highest BCUT2D eigenvalue weighted by Gasteiger charge is 2.47. The van der Waals surface area contributed by atoms with E-state index in [4.69, 9.17) is 9.88 Å². The van der Waals surface area contributed by atoms with E-state index in [1.165, 1.54) is 11.4 Å². The van der Waals surface area contributed by atoms with Gasteiger partial charge in [-0.3, -0.25) is 4.31 Å². The first-order valence-electron chi connectivity index (χ1n) is 7.44. The molecule has 11 heteroatoms. The molecule has 1 aromatic rings. The van der Waals surface area contributed by atoms with Crippen LogP contribution in [0.15, 0.2) is 34.1 Å². The van der Waals surface area contributed by atoms with Gasteiger partial charge in [0.25, 0.3) is 10.0 Å². The van der Waals surface area contributed by atoms with E-state index >= 15 is 0 Å². The number of rotatable bonds is 4. The summed E-state index contributed by atoms with van der Waals surface area (Å²) in [5.41, 5.74) is 1.04. The van der Waals surface area contributed by atoms with Gasteiger partial charge in [-0.1, -0.05) is 17.8 Å². The number of sulfonamides is 2. The predicted molar refractivity (Wildman–Crippen MR) is 98.2 cm³/mol. The first-order chi connectivity index (χ1) is 11.7. The quantitative estimate of drug-likeness (QED) is 0.744. The van der Waals surface area contributed by atoms with Crippen LogP contribution < -0.4 is 19.5 Å². The van der Waals surface area contributed by atoms with Crippen molar-refractivity contribution in [2.45, 2.75) is 17.0 Å². The van der Waals surface area contributed by atoms with Gasteiger partial charge in [-0.25, -0.2) is 22.0 Å². The molecular weight excluding hydrogens is 386 g/mol. The van der Waals surface area contributed by atoms with Crippen LogP contribution in [-0.2, 0) is 20.0 Å². The van der Waals surface area contributed by atoms with Gasteiger partial charge in [0.15, 0.2) is 0 Å². The lowest BCUT2D eigenvalue weighted by Gasteiger charge is -2.34. The number of nitrogens with zero attached hydrogens (tertiary/aromatic N) is 1. The van der Waals surface area contributed by atoms with Gasteiger partial charge in [0.2, 0.25) is 10.0 Å². The molecule has 2 aliphatic rings. The van der Waals surface area contributed by atoms with E-state index in [2.05, 4.69) is 5.32 Å². The molecule has 2 aliphatic heterocycles. The summed E-state index contributed by atoms with van der Waals surface area (Å²) in [7, 11) is -4.48. The van der Waals surface area contributed by atoms with Crippen LogP contribution in [0.5, 0.6) is 5.75 Å². The van der Waals surface area contributed by atoms with Crippen LogP contribution in [0.4, 0.5) is 5.69 Å². The average molecular weight is 406 g/mol. The SMILES string of the molecule is CN[C@H]1CN(c2cccc(OC)c2)S(=O)(=O)C2=C1CC(S(N)(=O)=O)S2. The van der Waals surface area contributed by atoms with Crippen molar-refractivity contribution in [1.29, 1.82) is 0 Å². The van der Waals surface area contributed by atoms with Crippen molar-refractivity contribution in [2.24, 2.45) is 5.14 Å². The molecule has 2 atom stereocenters. The molecule has 0 aromatic heterocycles. The third kappa shape index (κ3) is 3.26. The molecule has 0 radical (unpaired) electrons. The predicted octanol–water partition coefficient (Wildman–Crippen LogP) is 0.396. The van der Waals surface area contributed by atoms with Crippen LogP contribution in [0.2, 0.25) is 0 Å². The lowest BCUT2D eigenvalue weighted by Crippen LogP contribution is -2.48. The number of nitrogens with two attached hydrogens (primary N) is 1. The number of hydrogen-bond acceptors (Lipinski definition) is 7. The Labute approximate surface area is 151 Å². The third-order valence-electron chi connectivity index (χ3n) is 4.24. The summed E-state index contributed by atoms with van der Waals surface area (Å²) < 4.78 is 55.1. The zero-order valence-corrected chi connectivity index (χ0v) is 16.1. The Balaban J connectivity index is 2.06. The Hall–Kier alpha value is -1.27. The molecule has 0 saturated carbocycles. The molecule has 3 rings (SSSR count). The van der Waals surface area contributed by atoms with E-state index in [-0.39, 0.29) is 23.2 Å². The van der Waals surface area contributed by atoms with Gasteiger partial charge >= 0.3 is 0 Å². The number of methoxy groups -OCH3 is 1. The monoisotopic (exact) mass is 405 g/mol. The molecule has 1 aromatic carbocycles. The second kappa shape index (κ2) is 6.47. The summed E-state index contributed by atoms with van der Waals surface area (Å²) in [5, 5.41) is 8.30. The van der Waals surface area contributed by atoms with Crippen LogP contribution in [0.1, 0.15) is 6.42 Å². The molecule has 3 N–H and O–H groups in total. The molecule has 0 spiro atoms. The zero-order chi connectivity index (χ0) is 18.4. The number of hydrogen-bond donors (Lipinski definition) is 2. The van der Waals surface area contributed by atoms with Crippen LogP contribution in [0.25, 0.3) is 0 Å². The molecule has 138 valence electrons. The average Bonchev–Trinajstić information content (AvgIpc) is 3.02. The number of benzene rings is 1. The van der Waals surface area contributed by atoms with Gasteiger partial charge in [-0.15, -0.1) is 0 Å². The highest BCUT2D eigenvalue weighted by molar-refractivity contribution is 8.24. The molecule has 0 bridgehead atoms. The largest absolute Gasteiger partial charge is 0.497 e. The van der Waals surface area contributed by atoms with E-state index in [9.17, 15) is 16.8 Å². The van der Waals surface area contributed by atoms with E-state index in [1.807, 2.05) is 0 Å². The Morgan fingerprint density at radius 1 is 1.40 bits per heavy atom. The van der Waals surface area contributed by atoms with E-state index in [0.717, 1.165) is 11.8 Å². The van der Waals surface area contributed by atoms with E-state index < -0.39 is 24.6 Å². The number of ether oxygens (including phenoxy) is 1. The molecule has 0 saturated heterocycles. The Kier molecular flexibility index (Phi) is 4.79. The van der Waals surface area contributed by atoms with Crippen LogP contribution in [-0.4, -0.2) is 48.2 Å². The normalized spacial score (nSPS) is 25.8. The summed E-state index contributed by atoms with van der Waals surface area (Å²) in [6, 6.07) is 6.45. The van der Waals surface area contributed by atoms with Crippen molar-refractivity contribution in [3.63, 3.8) is 0 Å². The second-order valence-electron chi connectivity index (χ2n) is 5.73. The fourth-order valence-electron chi connectivity index (χ4n) is 2.94. The molecule has 1 unspecified atom stereocenters. The number of nitrogens with one attached hydrogen (secondary N) is 1. The van der Waals surface area contributed by atoms with Crippen molar-refractivity contribution in [2.75, 3.05) is 25.0 Å². The second-order valence-corrected chi connectivity index (χ2v) is 11.0. The lowest BCUT2D eigenvalue weighted by molar-refractivity contribution is 0.415. The third-order valence-corrected chi connectivity index (χ3v) is 9.73. The van der Waals surface area contributed by atoms with Crippen LogP contribution in [0.3, 0.4) is 0 Å². The minimum atomic E-state index is -3.85. The highest BCUT2D eigenvalue weighted by atomic mass is 32.3. The molecule has 8 nitrogen and oxygen atoms in total.